The summed E-state index contributed by atoms with van der Waals surface area (Å²) in [6, 6.07) is 14.6. The van der Waals surface area contributed by atoms with Gasteiger partial charge in [-0.2, -0.15) is 13.2 Å². The third-order valence-corrected chi connectivity index (χ3v) is 5.75. The van der Waals surface area contributed by atoms with Crippen molar-refractivity contribution in [2.75, 3.05) is 13.1 Å². The Hall–Kier alpha value is -2.83. The first-order valence-corrected chi connectivity index (χ1v) is 10.2. The number of alkyl halides is 3. The number of para-hydroxylation sites is 2. The highest BCUT2D eigenvalue weighted by molar-refractivity contribution is 5.79. The van der Waals surface area contributed by atoms with Gasteiger partial charge < -0.3 is 9.47 Å². The van der Waals surface area contributed by atoms with Crippen LogP contribution in [0.2, 0.25) is 0 Å². The molecule has 1 aliphatic rings. The molecule has 0 aliphatic carbocycles. The Labute approximate surface area is 173 Å². The van der Waals surface area contributed by atoms with E-state index in [-0.39, 0.29) is 18.4 Å². The molecule has 1 aliphatic heterocycles. The molecule has 4 nitrogen and oxygen atoms in total. The van der Waals surface area contributed by atoms with Gasteiger partial charge in [-0.3, -0.25) is 4.79 Å². The zero-order chi connectivity index (χ0) is 21.3. The predicted octanol–water partition coefficient (Wildman–Crippen LogP) is 4.84. The topological polar surface area (TPSA) is 38.1 Å². The van der Waals surface area contributed by atoms with Gasteiger partial charge in [0.1, 0.15) is 0 Å². The van der Waals surface area contributed by atoms with Gasteiger partial charge in [-0.15, -0.1) is 0 Å². The van der Waals surface area contributed by atoms with E-state index in [1.807, 2.05) is 36.1 Å². The van der Waals surface area contributed by atoms with Crippen LogP contribution >= 0.6 is 0 Å². The number of nitrogens with zero attached hydrogens (tertiary/aromatic N) is 3. The summed E-state index contributed by atoms with van der Waals surface area (Å²) in [6.45, 7) is 3.40. The van der Waals surface area contributed by atoms with Crippen molar-refractivity contribution < 1.29 is 18.0 Å². The normalized spacial score (nSPS) is 15.7. The maximum atomic E-state index is 13.5. The maximum absolute atomic E-state index is 13.5. The number of carbonyl (C=O) groups is 1. The molecule has 0 atom stereocenters. The first kappa shape index (κ1) is 20.4. The molecule has 7 heteroatoms. The van der Waals surface area contributed by atoms with Crippen LogP contribution in [0.3, 0.4) is 0 Å². The molecular weight excluding hydrogens is 391 g/mol. The number of likely N-dealkylation sites (tertiary alicyclic amines) is 1. The maximum Gasteiger partial charge on any atom is 0.449 e. The number of hydrogen-bond acceptors (Lipinski definition) is 2. The highest BCUT2D eigenvalue weighted by Crippen LogP contribution is 2.33. The summed E-state index contributed by atoms with van der Waals surface area (Å²) in [5.41, 5.74) is 2.97. The second kappa shape index (κ2) is 8.13. The Balaban J connectivity index is 1.42. The monoisotopic (exact) mass is 415 g/mol. The van der Waals surface area contributed by atoms with Crippen molar-refractivity contribution in [2.45, 2.75) is 38.9 Å². The molecule has 1 saturated heterocycles. The number of fused-ring (bicyclic) bond motifs is 1. The van der Waals surface area contributed by atoms with Crippen LogP contribution < -0.4 is 0 Å². The number of carbonyl (C=O) groups excluding carboxylic acids is 1. The van der Waals surface area contributed by atoms with Gasteiger partial charge in [0, 0.05) is 19.6 Å². The van der Waals surface area contributed by atoms with Crippen LogP contribution in [0.1, 0.15) is 29.8 Å². The van der Waals surface area contributed by atoms with Gasteiger partial charge in [-0.25, -0.2) is 4.98 Å². The van der Waals surface area contributed by atoms with Gasteiger partial charge in [0.25, 0.3) is 0 Å². The molecule has 2 heterocycles. The lowest BCUT2D eigenvalue weighted by molar-refractivity contribution is -0.147. The van der Waals surface area contributed by atoms with Gasteiger partial charge in [0.05, 0.1) is 17.5 Å². The molecule has 0 unspecified atom stereocenters. The molecule has 0 saturated carbocycles. The Kier molecular flexibility index (Phi) is 5.54. The Morgan fingerprint density at radius 2 is 1.83 bits per heavy atom. The van der Waals surface area contributed by atoms with Crippen molar-refractivity contribution in [1.82, 2.24) is 14.5 Å². The van der Waals surface area contributed by atoms with Crippen molar-refractivity contribution in [3.8, 4) is 0 Å². The molecule has 4 rings (SSSR count). The summed E-state index contributed by atoms with van der Waals surface area (Å²) in [7, 11) is 0. The van der Waals surface area contributed by atoms with E-state index in [4.69, 9.17) is 0 Å². The second-order valence-electron chi connectivity index (χ2n) is 8.02. The van der Waals surface area contributed by atoms with E-state index >= 15 is 0 Å². The molecule has 1 fully saturated rings. The van der Waals surface area contributed by atoms with Crippen LogP contribution in [0.5, 0.6) is 0 Å². The lowest BCUT2D eigenvalue weighted by Gasteiger charge is -2.32. The fourth-order valence-corrected chi connectivity index (χ4v) is 4.21. The number of amides is 1. The van der Waals surface area contributed by atoms with Crippen LogP contribution in [0.15, 0.2) is 48.5 Å². The molecule has 1 aromatic heterocycles. The average Bonchev–Trinajstić information content (AvgIpc) is 3.08. The van der Waals surface area contributed by atoms with Gasteiger partial charge in [0.15, 0.2) is 0 Å². The second-order valence-corrected chi connectivity index (χ2v) is 8.02. The van der Waals surface area contributed by atoms with E-state index in [9.17, 15) is 18.0 Å². The quantitative estimate of drug-likeness (QED) is 0.611. The van der Waals surface area contributed by atoms with Gasteiger partial charge in [-0.05, 0) is 43.4 Å². The molecule has 3 aromatic rings. The number of hydrogen-bond donors (Lipinski definition) is 0. The Morgan fingerprint density at radius 3 is 2.53 bits per heavy atom. The van der Waals surface area contributed by atoms with Crippen molar-refractivity contribution in [2.24, 2.45) is 5.92 Å². The minimum absolute atomic E-state index is 0.0723. The minimum atomic E-state index is -4.50. The van der Waals surface area contributed by atoms with Crippen LogP contribution in [0, 0.1) is 12.8 Å². The number of aryl methyl sites for hydroxylation is 1. The minimum Gasteiger partial charge on any atom is -0.342 e. The van der Waals surface area contributed by atoms with Crippen LogP contribution in [0.25, 0.3) is 11.0 Å². The SMILES string of the molecule is Cc1cccc(CC(=O)N2CCC(Cn3c(C(F)(F)F)nc4ccccc43)CC2)c1. The van der Waals surface area contributed by atoms with Crippen LogP contribution in [-0.2, 0) is 23.9 Å². The summed E-state index contributed by atoms with van der Waals surface area (Å²) < 4.78 is 41.8. The number of piperidine rings is 1. The zero-order valence-electron chi connectivity index (χ0n) is 16.8. The summed E-state index contributed by atoms with van der Waals surface area (Å²) >= 11 is 0. The molecule has 1 amide bonds. The molecule has 0 radical (unpaired) electrons. The molecule has 0 bridgehead atoms. The number of imidazole rings is 1. The van der Waals surface area contributed by atoms with Crippen LogP contribution in [0.4, 0.5) is 13.2 Å². The standard InChI is InChI=1S/C23H24F3N3O/c1-16-5-4-6-18(13-16)14-21(30)28-11-9-17(10-12-28)15-29-20-8-3-2-7-19(20)27-22(29)23(24,25)26/h2-8,13,17H,9-12,14-15H2,1H3. The highest BCUT2D eigenvalue weighted by atomic mass is 19.4. The zero-order valence-corrected chi connectivity index (χ0v) is 16.8. The molecule has 30 heavy (non-hydrogen) atoms. The van der Waals surface area contributed by atoms with E-state index in [0.717, 1.165) is 11.1 Å². The third kappa shape index (κ3) is 4.35. The summed E-state index contributed by atoms with van der Waals surface area (Å²) in [6.07, 6.45) is -2.77. The fraction of sp³-hybridized carbons (Fsp3) is 0.391. The Morgan fingerprint density at radius 1 is 1.10 bits per heavy atom. The van der Waals surface area contributed by atoms with E-state index < -0.39 is 12.0 Å². The van der Waals surface area contributed by atoms with E-state index in [2.05, 4.69) is 4.98 Å². The number of aromatic nitrogens is 2. The van der Waals surface area contributed by atoms with Gasteiger partial charge >= 0.3 is 6.18 Å². The average molecular weight is 415 g/mol. The lowest BCUT2D eigenvalue weighted by Crippen LogP contribution is -2.40. The largest absolute Gasteiger partial charge is 0.449 e. The first-order chi connectivity index (χ1) is 14.3. The summed E-state index contributed by atoms with van der Waals surface area (Å²) in [4.78, 5) is 18.3. The molecule has 0 N–H and O–H groups in total. The van der Waals surface area contributed by atoms with Crippen LogP contribution in [-0.4, -0.2) is 33.4 Å². The van der Waals surface area contributed by atoms with Crippen molar-refractivity contribution in [3.05, 3.63) is 65.5 Å². The van der Waals surface area contributed by atoms with E-state index in [1.54, 1.807) is 24.3 Å². The van der Waals surface area contributed by atoms with Gasteiger partial charge in [-0.1, -0.05) is 42.0 Å². The van der Waals surface area contributed by atoms with Crippen molar-refractivity contribution in [3.63, 3.8) is 0 Å². The van der Waals surface area contributed by atoms with E-state index in [1.165, 1.54) is 4.57 Å². The first-order valence-electron chi connectivity index (χ1n) is 10.2. The smallest absolute Gasteiger partial charge is 0.342 e. The number of halogens is 3. The molecular formula is C23H24F3N3O. The summed E-state index contributed by atoms with van der Waals surface area (Å²) in [5.74, 6) is -0.698. The third-order valence-electron chi connectivity index (χ3n) is 5.75. The van der Waals surface area contributed by atoms with E-state index in [0.29, 0.717) is 43.4 Å². The fourth-order valence-electron chi connectivity index (χ4n) is 4.21. The van der Waals surface area contributed by atoms with Crippen molar-refractivity contribution >= 4 is 16.9 Å². The number of benzene rings is 2. The summed E-state index contributed by atoms with van der Waals surface area (Å²) in [5, 5.41) is 0. The predicted molar refractivity (Wildman–Crippen MR) is 109 cm³/mol. The van der Waals surface area contributed by atoms with Gasteiger partial charge in [0.2, 0.25) is 11.7 Å². The Bertz CT molecular complexity index is 1050. The molecule has 0 spiro atoms. The molecule has 2 aromatic carbocycles. The highest BCUT2D eigenvalue weighted by Gasteiger charge is 2.38. The molecule has 158 valence electrons. The van der Waals surface area contributed by atoms with Crippen molar-refractivity contribution in [1.29, 1.82) is 0 Å². The number of rotatable bonds is 4. The lowest BCUT2D eigenvalue weighted by atomic mass is 9.96.